The molecule has 0 radical (unpaired) electrons. The maximum absolute atomic E-state index is 12.7. The van der Waals surface area contributed by atoms with Crippen molar-refractivity contribution < 1.29 is 22.6 Å². The summed E-state index contributed by atoms with van der Waals surface area (Å²) < 4.78 is 42.2. The van der Waals surface area contributed by atoms with Gasteiger partial charge in [0, 0.05) is 26.3 Å². The van der Waals surface area contributed by atoms with E-state index in [4.69, 9.17) is 14.2 Å². The fourth-order valence-corrected chi connectivity index (χ4v) is 3.89. The van der Waals surface area contributed by atoms with Gasteiger partial charge in [0.1, 0.15) is 16.4 Å². The highest BCUT2D eigenvalue weighted by Crippen LogP contribution is 2.32. The van der Waals surface area contributed by atoms with Crippen LogP contribution in [0.15, 0.2) is 23.1 Å². The van der Waals surface area contributed by atoms with Crippen molar-refractivity contribution >= 4 is 10.0 Å². The number of sulfonamides is 1. The van der Waals surface area contributed by atoms with Crippen LogP contribution < -0.4 is 9.47 Å². The number of ether oxygens (including phenoxy) is 3. The summed E-state index contributed by atoms with van der Waals surface area (Å²) in [5.74, 6) is 0.790. The molecule has 112 valence electrons. The highest BCUT2D eigenvalue weighted by molar-refractivity contribution is 7.89. The van der Waals surface area contributed by atoms with Gasteiger partial charge < -0.3 is 14.2 Å². The maximum Gasteiger partial charge on any atom is 0.246 e. The first-order valence-electron chi connectivity index (χ1n) is 6.28. The average Bonchev–Trinajstić information content (AvgIpc) is 2.96. The number of methoxy groups -OCH3 is 3. The molecule has 0 spiro atoms. The molecule has 20 heavy (non-hydrogen) atoms. The highest BCUT2D eigenvalue weighted by Gasteiger charge is 2.34. The first-order valence-corrected chi connectivity index (χ1v) is 7.72. The first-order chi connectivity index (χ1) is 9.52. The van der Waals surface area contributed by atoms with Gasteiger partial charge in [0.05, 0.1) is 20.3 Å². The molecule has 1 atom stereocenters. The zero-order valence-corrected chi connectivity index (χ0v) is 12.6. The van der Waals surface area contributed by atoms with Gasteiger partial charge in [-0.25, -0.2) is 8.42 Å². The molecule has 1 aromatic rings. The molecule has 2 rings (SSSR count). The SMILES string of the molecule is COc1ccc(OC)c(S(=O)(=O)N2CCC(OC)C2)c1. The Morgan fingerprint density at radius 3 is 2.50 bits per heavy atom. The standard InChI is InChI=1S/C13H19NO5S/c1-17-10-4-5-12(19-3)13(8-10)20(15,16)14-7-6-11(9-14)18-2/h4-5,8,11H,6-7,9H2,1-3H3. The molecule has 0 N–H and O–H groups in total. The summed E-state index contributed by atoms with van der Waals surface area (Å²) in [6.07, 6.45) is 0.642. The van der Waals surface area contributed by atoms with Crippen LogP contribution in [0.2, 0.25) is 0 Å². The van der Waals surface area contributed by atoms with Crippen molar-refractivity contribution in [1.82, 2.24) is 4.31 Å². The summed E-state index contributed by atoms with van der Waals surface area (Å²) in [4.78, 5) is 0.121. The molecule has 1 aliphatic heterocycles. The Kier molecular flexibility index (Phi) is 4.52. The molecule has 0 aromatic heterocycles. The lowest BCUT2D eigenvalue weighted by Crippen LogP contribution is -2.30. The van der Waals surface area contributed by atoms with Gasteiger partial charge in [-0.3, -0.25) is 0 Å². The fraction of sp³-hybridized carbons (Fsp3) is 0.538. The van der Waals surface area contributed by atoms with E-state index >= 15 is 0 Å². The molecule has 0 bridgehead atoms. The molecule has 6 nitrogen and oxygen atoms in total. The van der Waals surface area contributed by atoms with Gasteiger partial charge in [0.25, 0.3) is 0 Å². The van der Waals surface area contributed by atoms with Crippen LogP contribution in [0.5, 0.6) is 11.5 Å². The zero-order chi connectivity index (χ0) is 14.8. The second kappa shape index (κ2) is 5.99. The van der Waals surface area contributed by atoms with Crippen LogP contribution in [-0.4, -0.2) is 53.2 Å². The third-order valence-electron chi connectivity index (χ3n) is 3.43. The minimum absolute atomic E-state index is 0.0543. The van der Waals surface area contributed by atoms with E-state index in [0.717, 1.165) is 0 Å². The molecule has 7 heteroatoms. The lowest BCUT2D eigenvalue weighted by atomic mass is 10.3. The Morgan fingerprint density at radius 1 is 1.20 bits per heavy atom. The Morgan fingerprint density at radius 2 is 1.95 bits per heavy atom. The van der Waals surface area contributed by atoms with Gasteiger partial charge >= 0.3 is 0 Å². The predicted molar refractivity (Wildman–Crippen MR) is 73.7 cm³/mol. The summed E-state index contributed by atoms with van der Waals surface area (Å²) in [6, 6.07) is 4.74. The second-order valence-corrected chi connectivity index (χ2v) is 6.43. The number of nitrogens with zero attached hydrogens (tertiary/aromatic N) is 1. The molecule has 1 heterocycles. The molecular weight excluding hydrogens is 282 g/mol. The van der Waals surface area contributed by atoms with Gasteiger partial charge in [0.2, 0.25) is 10.0 Å². The average molecular weight is 301 g/mol. The molecule has 0 amide bonds. The Balaban J connectivity index is 2.38. The van der Waals surface area contributed by atoms with E-state index in [-0.39, 0.29) is 11.0 Å². The largest absolute Gasteiger partial charge is 0.497 e. The van der Waals surface area contributed by atoms with Gasteiger partial charge in [-0.15, -0.1) is 0 Å². The topological polar surface area (TPSA) is 65.1 Å². The van der Waals surface area contributed by atoms with E-state index < -0.39 is 10.0 Å². The normalized spacial score (nSPS) is 20.1. The Labute approximate surface area is 119 Å². The highest BCUT2D eigenvalue weighted by atomic mass is 32.2. The number of hydrogen-bond donors (Lipinski definition) is 0. The summed E-state index contributed by atoms with van der Waals surface area (Å²) in [5, 5.41) is 0. The zero-order valence-electron chi connectivity index (χ0n) is 11.8. The van der Waals surface area contributed by atoms with Crippen LogP contribution in [0.3, 0.4) is 0 Å². The Hall–Kier alpha value is -1.31. The lowest BCUT2D eigenvalue weighted by Gasteiger charge is -2.18. The summed E-state index contributed by atoms with van der Waals surface area (Å²) in [5.41, 5.74) is 0. The lowest BCUT2D eigenvalue weighted by molar-refractivity contribution is 0.115. The van der Waals surface area contributed by atoms with E-state index in [1.54, 1.807) is 19.2 Å². The van der Waals surface area contributed by atoms with Gasteiger partial charge in [-0.1, -0.05) is 0 Å². The summed E-state index contributed by atoms with van der Waals surface area (Å²) in [6.45, 7) is 0.806. The van der Waals surface area contributed by atoms with E-state index in [2.05, 4.69) is 0 Å². The van der Waals surface area contributed by atoms with Crippen LogP contribution in [0.25, 0.3) is 0 Å². The van der Waals surface area contributed by atoms with Gasteiger partial charge in [0.15, 0.2) is 0 Å². The number of rotatable bonds is 5. The van der Waals surface area contributed by atoms with Crippen molar-refractivity contribution in [2.24, 2.45) is 0 Å². The summed E-state index contributed by atoms with van der Waals surface area (Å²) in [7, 11) is 0.924. The third kappa shape index (κ3) is 2.74. The second-order valence-electron chi connectivity index (χ2n) is 4.53. The number of hydrogen-bond acceptors (Lipinski definition) is 5. The van der Waals surface area contributed by atoms with Crippen molar-refractivity contribution in [3.63, 3.8) is 0 Å². The Bertz CT molecular complexity index is 572. The molecular formula is C13H19NO5S. The predicted octanol–water partition coefficient (Wildman–Crippen LogP) is 1.11. The first kappa shape index (κ1) is 15.1. The van der Waals surface area contributed by atoms with Crippen LogP contribution in [0.4, 0.5) is 0 Å². The molecule has 1 saturated heterocycles. The summed E-state index contributed by atoms with van der Waals surface area (Å²) >= 11 is 0. The van der Waals surface area contributed by atoms with Crippen molar-refractivity contribution in [1.29, 1.82) is 0 Å². The van der Waals surface area contributed by atoms with E-state index in [1.807, 2.05) is 0 Å². The monoisotopic (exact) mass is 301 g/mol. The fourth-order valence-electron chi connectivity index (χ4n) is 2.23. The van der Waals surface area contributed by atoms with E-state index in [9.17, 15) is 8.42 Å². The molecule has 1 aromatic carbocycles. The minimum Gasteiger partial charge on any atom is -0.497 e. The van der Waals surface area contributed by atoms with Gasteiger partial charge in [-0.2, -0.15) is 4.31 Å². The maximum atomic E-state index is 12.7. The van der Waals surface area contributed by atoms with Crippen LogP contribution in [0, 0.1) is 0 Å². The van der Waals surface area contributed by atoms with Crippen LogP contribution in [0.1, 0.15) is 6.42 Å². The van der Waals surface area contributed by atoms with Crippen molar-refractivity contribution in [3.05, 3.63) is 18.2 Å². The quantitative estimate of drug-likeness (QED) is 0.815. The van der Waals surface area contributed by atoms with Crippen molar-refractivity contribution in [2.45, 2.75) is 17.4 Å². The van der Waals surface area contributed by atoms with E-state index in [1.165, 1.54) is 24.6 Å². The molecule has 0 aliphatic carbocycles. The van der Waals surface area contributed by atoms with Crippen LogP contribution >= 0.6 is 0 Å². The minimum atomic E-state index is -3.61. The number of benzene rings is 1. The molecule has 1 unspecified atom stereocenters. The third-order valence-corrected chi connectivity index (χ3v) is 5.32. The van der Waals surface area contributed by atoms with Crippen molar-refractivity contribution in [2.75, 3.05) is 34.4 Å². The molecule has 1 aliphatic rings. The smallest absolute Gasteiger partial charge is 0.246 e. The molecule has 0 saturated carbocycles. The van der Waals surface area contributed by atoms with Gasteiger partial charge in [-0.05, 0) is 18.6 Å². The molecule has 1 fully saturated rings. The van der Waals surface area contributed by atoms with E-state index in [0.29, 0.717) is 31.0 Å². The van der Waals surface area contributed by atoms with Crippen molar-refractivity contribution in [3.8, 4) is 11.5 Å². The van der Waals surface area contributed by atoms with Crippen LogP contribution in [-0.2, 0) is 14.8 Å².